The van der Waals surface area contributed by atoms with Gasteiger partial charge in [-0.2, -0.15) is 45.1 Å². The summed E-state index contributed by atoms with van der Waals surface area (Å²) in [5, 5.41) is -0.963. The number of hydrogen-bond acceptors (Lipinski definition) is 0. The largest absolute Gasteiger partial charge is 0.376 e. The summed E-state index contributed by atoms with van der Waals surface area (Å²) >= 11 is 38.7. The molecule has 0 bridgehead atoms. The van der Waals surface area contributed by atoms with Gasteiger partial charge in [0.25, 0.3) is 6.08 Å². The van der Waals surface area contributed by atoms with Gasteiger partial charge in [0.2, 0.25) is 0 Å². The van der Waals surface area contributed by atoms with E-state index in [0.717, 1.165) is 0 Å². The summed E-state index contributed by atoms with van der Waals surface area (Å²) in [6, 6.07) is 0. The van der Waals surface area contributed by atoms with E-state index in [1.807, 2.05) is 0 Å². The standard InChI is InChI=1S/6CH4.BCl7Si2.BH5Si2/c;;;;;;2-1(3)9(4,5)10(6,7)8;1-3-2/h6*1H4;;3H2,2H3. The molecule has 0 saturated heterocycles. The van der Waals surface area contributed by atoms with Gasteiger partial charge < -0.3 is 0 Å². The van der Waals surface area contributed by atoms with E-state index in [1.165, 1.54) is 9.76 Å². The lowest BCUT2D eigenvalue weighted by Gasteiger charge is -2.20. The van der Waals surface area contributed by atoms with E-state index in [2.05, 4.69) is 0 Å². The van der Waals surface area contributed by atoms with Crippen molar-refractivity contribution in [3.05, 3.63) is 0 Å². The Morgan fingerprint density at radius 2 is 0.947 bits per heavy atom. The van der Waals surface area contributed by atoms with Gasteiger partial charge in [-0.05, 0) is 18.7 Å². The molecule has 0 aromatic rings. The summed E-state index contributed by atoms with van der Waals surface area (Å²) in [4.78, 5) is 0. The van der Waals surface area contributed by atoms with E-state index in [0.29, 0.717) is 0 Å². The number of halogens is 7. The maximum Gasteiger partial charge on any atom is 0.376 e. The van der Waals surface area contributed by atoms with E-state index in [-0.39, 0.29) is 53.5 Å². The molecule has 19 heavy (non-hydrogen) atoms. The third-order valence-electron chi connectivity index (χ3n) is 0.652. The third-order valence-corrected chi connectivity index (χ3v) is 29.2. The van der Waals surface area contributed by atoms with Crippen molar-refractivity contribution in [2.24, 2.45) is 0 Å². The normalized spacial score (nSPS) is 8.79. The predicted molar refractivity (Wildman–Crippen MR) is 123 cm³/mol. The van der Waals surface area contributed by atoms with Crippen LogP contribution in [-0.4, -0.2) is 42.8 Å². The fourth-order valence-electron chi connectivity index (χ4n) is 0.124. The second-order valence-corrected chi connectivity index (χ2v) is 30.1. The average molecular weight is 483 g/mol. The van der Waals surface area contributed by atoms with Crippen LogP contribution >= 0.6 is 78.3 Å². The predicted octanol–water partition coefficient (Wildman–Crippen LogP) is 5.02. The first kappa shape index (κ1) is 49.5. The van der Waals surface area contributed by atoms with Crippen LogP contribution in [0.4, 0.5) is 0 Å². The van der Waals surface area contributed by atoms with Crippen molar-refractivity contribution in [1.82, 2.24) is 0 Å². The Hall–Kier alpha value is 3.03. The molecule has 0 atom stereocenters. The highest BCUT2D eigenvalue weighted by Gasteiger charge is 2.59. The van der Waals surface area contributed by atoms with Crippen LogP contribution < -0.4 is 0 Å². The molecule has 0 aliphatic carbocycles. The molecule has 0 heterocycles. The van der Waals surface area contributed by atoms with E-state index in [9.17, 15) is 0 Å². The van der Waals surface area contributed by atoms with Gasteiger partial charge >= 0.3 is 10.7 Å². The molecular formula is C6H29B2Cl7Si4. The van der Waals surface area contributed by atoms with Gasteiger partial charge in [0, 0.05) is 7.44 Å². The highest BCUT2D eigenvalue weighted by molar-refractivity contribution is 8.17. The van der Waals surface area contributed by atoms with E-state index in [1.54, 1.807) is 0 Å². The topological polar surface area (TPSA) is 0 Å². The van der Waals surface area contributed by atoms with Gasteiger partial charge in [-0.1, -0.05) is 44.6 Å². The summed E-state index contributed by atoms with van der Waals surface area (Å²) in [5.74, 6) is 0. The zero-order valence-corrected chi connectivity index (χ0v) is 17.2. The zero-order chi connectivity index (χ0) is 11.3. The van der Waals surface area contributed by atoms with Gasteiger partial charge in [-0.3, -0.25) is 0 Å². The van der Waals surface area contributed by atoms with E-state index in [4.69, 9.17) is 85.8 Å². The third kappa shape index (κ3) is 23.4. The lowest BCUT2D eigenvalue weighted by molar-refractivity contribution is 2.50. The lowest BCUT2D eigenvalue weighted by atomic mass is 10.7. The Bertz CT molecular complexity index is 148. The lowest BCUT2D eigenvalue weighted by Crippen LogP contribution is -2.51. The van der Waals surface area contributed by atoms with Crippen molar-refractivity contribution < 1.29 is 0 Å². The minimum atomic E-state index is -3.13. The average Bonchev–Trinajstić information content (AvgIpc) is 1.86. The molecule has 0 fully saturated rings. The minimum absolute atomic E-state index is 0. The van der Waals surface area contributed by atoms with Crippen LogP contribution in [0.2, 0.25) is 0 Å². The van der Waals surface area contributed by atoms with Gasteiger partial charge in [-0.15, -0.1) is 33.2 Å². The molecule has 0 aromatic carbocycles. The molecule has 0 spiro atoms. The SMILES string of the molecule is C.C.C.C.C.C.ClB(Cl)[Si](Cl)(Cl)[Si](Cl)(Cl)Cl.[B][SiH2][SiH3]. The molecule has 0 aliphatic rings. The molecule has 13 heteroatoms. The summed E-state index contributed by atoms with van der Waals surface area (Å²) < 4.78 is 0. The van der Waals surface area contributed by atoms with Crippen LogP contribution in [0, 0.1) is 0 Å². The fourth-order valence-corrected chi connectivity index (χ4v) is 10.0. The smallest absolute Gasteiger partial charge is 0.173 e. The Balaban J connectivity index is -0.0000000206. The van der Waals surface area contributed by atoms with Crippen molar-refractivity contribution in [2.75, 3.05) is 0 Å². The molecule has 124 valence electrons. The van der Waals surface area contributed by atoms with Crippen molar-refractivity contribution >= 4 is 121 Å². The van der Waals surface area contributed by atoms with Gasteiger partial charge in [0.05, 0.1) is 0 Å². The quantitative estimate of drug-likeness (QED) is 0.382. The molecule has 0 saturated carbocycles. The van der Waals surface area contributed by atoms with Gasteiger partial charge in [0.15, 0.2) is 0 Å². The molecule has 0 nitrogen and oxygen atoms in total. The number of rotatable bonds is 2. The molecule has 0 rings (SSSR count). The van der Waals surface area contributed by atoms with E-state index < -0.39 is 16.7 Å². The minimum Gasteiger partial charge on any atom is -0.173 e. The van der Waals surface area contributed by atoms with Gasteiger partial charge in [-0.25, -0.2) is 0 Å². The van der Waals surface area contributed by atoms with Crippen LogP contribution in [0.5, 0.6) is 0 Å². The molecular weight excluding hydrogens is 454 g/mol. The highest BCUT2D eigenvalue weighted by atomic mass is 35.9. The van der Waals surface area contributed by atoms with Crippen LogP contribution in [0.15, 0.2) is 0 Å². The Morgan fingerprint density at radius 3 is 0.947 bits per heavy atom. The van der Waals surface area contributed by atoms with Crippen LogP contribution in [0.25, 0.3) is 0 Å². The highest BCUT2D eigenvalue weighted by Crippen LogP contribution is 2.40. The van der Waals surface area contributed by atoms with Crippen LogP contribution in [-0.2, 0) is 0 Å². The summed E-state index contributed by atoms with van der Waals surface area (Å²) in [6.45, 7) is 0. The monoisotopic (exact) mass is 480 g/mol. The second-order valence-electron chi connectivity index (χ2n) is 1.83. The Kier molecular flexibility index (Phi) is 60.7. The van der Waals surface area contributed by atoms with Crippen LogP contribution in [0.3, 0.4) is 0 Å². The first-order chi connectivity index (χ1) is 5.61. The first-order valence-electron chi connectivity index (χ1n) is 3.04. The Labute approximate surface area is 164 Å². The van der Waals surface area contributed by atoms with Crippen molar-refractivity contribution in [3.8, 4) is 0 Å². The summed E-state index contributed by atoms with van der Waals surface area (Å²) in [7, 11) is 6.39. The molecule has 0 unspecified atom stereocenters. The van der Waals surface area contributed by atoms with Crippen molar-refractivity contribution in [1.29, 1.82) is 0 Å². The molecule has 0 amide bonds. The van der Waals surface area contributed by atoms with Crippen LogP contribution in [0.1, 0.15) is 44.6 Å². The number of hydrogen-bond donors (Lipinski definition) is 0. The summed E-state index contributed by atoms with van der Waals surface area (Å²) in [5.41, 5.74) is -3.13. The van der Waals surface area contributed by atoms with Crippen molar-refractivity contribution in [2.45, 2.75) is 44.6 Å². The maximum atomic E-state index is 5.65. The zero-order valence-electron chi connectivity index (χ0n) is 6.51. The molecule has 2 radical (unpaired) electrons. The maximum absolute atomic E-state index is 5.65. The second kappa shape index (κ2) is 23.3. The van der Waals surface area contributed by atoms with Gasteiger partial charge in [0.1, 0.15) is 0 Å². The Morgan fingerprint density at radius 1 is 0.789 bits per heavy atom. The fraction of sp³-hybridized carbons (Fsp3) is 1.00. The molecule has 0 N–H and O–H groups in total. The first-order valence-corrected chi connectivity index (χ1v) is 20.5. The molecule has 0 aromatic heterocycles. The molecule has 0 aliphatic heterocycles. The van der Waals surface area contributed by atoms with Crippen molar-refractivity contribution in [3.63, 3.8) is 0 Å². The van der Waals surface area contributed by atoms with E-state index >= 15 is 0 Å². The summed E-state index contributed by atoms with van der Waals surface area (Å²) in [6.07, 6.45) is -3.07.